The minimum absolute atomic E-state index is 0.330. The Morgan fingerprint density at radius 3 is 2.32 bits per heavy atom. The van der Waals surface area contributed by atoms with Crippen LogP contribution in [0.3, 0.4) is 0 Å². The molecule has 2 rings (SSSR count). The zero-order valence-electron chi connectivity index (χ0n) is 10.9. The van der Waals surface area contributed by atoms with E-state index in [1.54, 1.807) is 12.1 Å². The number of carbonyl (C=O) groups excluding carboxylic acids is 1. The van der Waals surface area contributed by atoms with E-state index in [2.05, 4.69) is 15.4 Å². The van der Waals surface area contributed by atoms with E-state index in [0.717, 1.165) is 17.1 Å². The van der Waals surface area contributed by atoms with E-state index in [0.29, 0.717) is 5.56 Å². The molecule has 19 heavy (non-hydrogen) atoms. The summed E-state index contributed by atoms with van der Waals surface area (Å²) in [5, 5.41) is 6.35. The maximum atomic E-state index is 11.3. The quantitative estimate of drug-likeness (QED) is 0.824. The Kier molecular flexibility index (Phi) is 4.03. The van der Waals surface area contributed by atoms with Crippen molar-refractivity contribution in [2.45, 2.75) is 0 Å². The Balaban J connectivity index is 2.12. The smallest absolute Gasteiger partial charge is 0.337 e. The molecule has 0 aromatic heterocycles. The van der Waals surface area contributed by atoms with Crippen molar-refractivity contribution in [1.29, 1.82) is 0 Å². The van der Waals surface area contributed by atoms with Crippen molar-refractivity contribution >= 4 is 23.0 Å². The van der Waals surface area contributed by atoms with E-state index in [1.807, 2.05) is 43.4 Å². The molecule has 0 fully saturated rings. The van der Waals surface area contributed by atoms with Gasteiger partial charge in [0.15, 0.2) is 0 Å². The minimum Gasteiger partial charge on any atom is -0.465 e. The summed E-state index contributed by atoms with van der Waals surface area (Å²) in [7, 11) is 3.25. The van der Waals surface area contributed by atoms with Gasteiger partial charge in [0, 0.05) is 24.1 Å². The van der Waals surface area contributed by atoms with E-state index < -0.39 is 0 Å². The summed E-state index contributed by atoms with van der Waals surface area (Å²) in [6, 6.07) is 15.1. The molecule has 0 aliphatic heterocycles. The van der Waals surface area contributed by atoms with Crippen LogP contribution in [0.4, 0.5) is 17.1 Å². The summed E-state index contributed by atoms with van der Waals surface area (Å²) in [5.74, 6) is -0.330. The molecule has 0 atom stereocenters. The van der Waals surface area contributed by atoms with Gasteiger partial charge in [-0.25, -0.2) is 4.79 Å². The fourth-order valence-electron chi connectivity index (χ4n) is 1.73. The van der Waals surface area contributed by atoms with Gasteiger partial charge in [-0.15, -0.1) is 0 Å². The maximum Gasteiger partial charge on any atom is 0.337 e. The van der Waals surface area contributed by atoms with Crippen LogP contribution in [0.2, 0.25) is 0 Å². The predicted molar refractivity (Wildman–Crippen MR) is 77.1 cm³/mol. The molecule has 0 saturated heterocycles. The zero-order valence-corrected chi connectivity index (χ0v) is 10.9. The average molecular weight is 256 g/mol. The van der Waals surface area contributed by atoms with E-state index in [4.69, 9.17) is 0 Å². The number of nitrogens with one attached hydrogen (secondary N) is 2. The van der Waals surface area contributed by atoms with E-state index in [9.17, 15) is 4.79 Å². The van der Waals surface area contributed by atoms with Gasteiger partial charge in [0.25, 0.3) is 0 Å². The molecule has 0 unspecified atom stereocenters. The first-order valence-corrected chi connectivity index (χ1v) is 5.96. The highest BCUT2D eigenvalue weighted by atomic mass is 16.5. The number of hydrogen-bond donors (Lipinski definition) is 2. The first-order chi connectivity index (χ1) is 9.22. The lowest BCUT2D eigenvalue weighted by Crippen LogP contribution is -2.01. The van der Waals surface area contributed by atoms with Crippen molar-refractivity contribution in [3.63, 3.8) is 0 Å². The molecular weight excluding hydrogens is 240 g/mol. The number of benzene rings is 2. The number of hydrogen-bond acceptors (Lipinski definition) is 4. The molecule has 98 valence electrons. The van der Waals surface area contributed by atoms with Crippen LogP contribution in [0.5, 0.6) is 0 Å². The standard InChI is InChI=1S/C15H16N2O2/c1-16-13-4-3-5-14(10-13)17-12-8-6-11(7-9-12)15(18)19-2/h3-10,16-17H,1-2H3. The van der Waals surface area contributed by atoms with Crippen LogP contribution in [-0.2, 0) is 4.74 Å². The molecule has 0 spiro atoms. The van der Waals surface area contributed by atoms with Crippen molar-refractivity contribution in [3.8, 4) is 0 Å². The maximum absolute atomic E-state index is 11.3. The fraction of sp³-hybridized carbons (Fsp3) is 0.133. The SMILES string of the molecule is CNc1cccc(Nc2ccc(C(=O)OC)cc2)c1. The van der Waals surface area contributed by atoms with Crippen LogP contribution >= 0.6 is 0 Å². The average Bonchev–Trinajstić information content (AvgIpc) is 2.47. The van der Waals surface area contributed by atoms with Gasteiger partial charge < -0.3 is 15.4 Å². The summed E-state index contributed by atoms with van der Waals surface area (Å²) in [6.07, 6.45) is 0. The molecule has 0 amide bonds. The Hall–Kier alpha value is -2.49. The lowest BCUT2D eigenvalue weighted by atomic mass is 10.2. The predicted octanol–water partition coefficient (Wildman–Crippen LogP) is 3.26. The molecule has 2 N–H and O–H groups in total. The number of carbonyl (C=O) groups is 1. The molecule has 2 aromatic carbocycles. The molecular formula is C15H16N2O2. The molecule has 2 aromatic rings. The Morgan fingerprint density at radius 2 is 1.68 bits per heavy atom. The summed E-state index contributed by atoms with van der Waals surface area (Å²) < 4.78 is 4.66. The van der Waals surface area contributed by atoms with Crippen LogP contribution in [0, 0.1) is 0 Å². The first-order valence-electron chi connectivity index (χ1n) is 5.96. The van der Waals surface area contributed by atoms with Gasteiger partial charge in [0.05, 0.1) is 12.7 Å². The van der Waals surface area contributed by atoms with Crippen LogP contribution in [0.15, 0.2) is 48.5 Å². The van der Waals surface area contributed by atoms with E-state index >= 15 is 0 Å². The van der Waals surface area contributed by atoms with Crippen molar-refractivity contribution in [2.24, 2.45) is 0 Å². The molecule has 0 bridgehead atoms. The highest BCUT2D eigenvalue weighted by Gasteiger charge is 2.04. The van der Waals surface area contributed by atoms with Crippen LogP contribution in [0.25, 0.3) is 0 Å². The van der Waals surface area contributed by atoms with Gasteiger partial charge in [-0.1, -0.05) is 6.07 Å². The number of methoxy groups -OCH3 is 1. The number of esters is 1. The van der Waals surface area contributed by atoms with Crippen LogP contribution < -0.4 is 10.6 Å². The zero-order chi connectivity index (χ0) is 13.7. The van der Waals surface area contributed by atoms with E-state index in [-0.39, 0.29) is 5.97 Å². The van der Waals surface area contributed by atoms with Gasteiger partial charge in [-0.2, -0.15) is 0 Å². The van der Waals surface area contributed by atoms with Gasteiger partial charge in [-0.3, -0.25) is 0 Å². The lowest BCUT2D eigenvalue weighted by Gasteiger charge is -2.08. The minimum atomic E-state index is -0.330. The first kappa shape index (κ1) is 13.0. The summed E-state index contributed by atoms with van der Waals surface area (Å²) >= 11 is 0. The Labute approximate surface area is 112 Å². The highest BCUT2D eigenvalue weighted by Crippen LogP contribution is 2.20. The number of rotatable bonds is 4. The Bertz CT molecular complexity index is 565. The van der Waals surface area contributed by atoms with Gasteiger partial charge in [0.1, 0.15) is 0 Å². The molecule has 0 aliphatic rings. The normalized spacial score (nSPS) is 9.79. The van der Waals surface area contributed by atoms with Gasteiger partial charge in [0.2, 0.25) is 0 Å². The third kappa shape index (κ3) is 3.25. The van der Waals surface area contributed by atoms with Crippen molar-refractivity contribution < 1.29 is 9.53 Å². The van der Waals surface area contributed by atoms with Gasteiger partial charge in [-0.05, 0) is 42.5 Å². The van der Waals surface area contributed by atoms with Crippen molar-refractivity contribution in [3.05, 3.63) is 54.1 Å². The molecule has 0 radical (unpaired) electrons. The summed E-state index contributed by atoms with van der Waals surface area (Å²) in [5.41, 5.74) is 3.48. The monoisotopic (exact) mass is 256 g/mol. The van der Waals surface area contributed by atoms with Gasteiger partial charge >= 0.3 is 5.97 Å². The molecule has 4 nitrogen and oxygen atoms in total. The molecule has 0 saturated carbocycles. The topological polar surface area (TPSA) is 50.4 Å². The van der Waals surface area contributed by atoms with Crippen molar-refractivity contribution in [1.82, 2.24) is 0 Å². The summed E-state index contributed by atoms with van der Waals surface area (Å²) in [6.45, 7) is 0. The van der Waals surface area contributed by atoms with Crippen molar-refractivity contribution in [2.75, 3.05) is 24.8 Å². The second kappa shape index (κ2) is 5.91. The third-order valence-corrected chi connectivity index (χ3v) is 2.75. The number of ether oxygens (including phenoxy) is 1. The van der Waals surface area contributed by atoms with E-state index in [1.165, 1.54) is 7.11 Å². The second-order valence-electron chi connectivity index (χ2n) is 4.02. The van der Waals surface area contributed by atoms with Crippen LogP contribution in [-0.4, -0.2) is 20.1 Å². The molecule has 0 heterocycles. The van der Waals surface area contributed by atoms with Crippen LogP contribution in [0.1, 0.15) is 10.4 Å². The summed E-state index contributed by atoms with van der Waals surface area (Å²) in [4.78, 5) is 11.3. The highest BCUT2D eigenvalue weighted by molar-refractivity contribution is 5.89. The third-order valence-electron chi connectivity index (χ3n) is 2.75. The fourth-order valence-corrected chi connectivity index (χ4v) is 1.73. The molecule has 4 heteroatoms. The second-order valence-corrected chi connectivity index (χ2v) is 4.02. The Morgan fingerprint density at radius 1 is 1.00 bits per heavy atom. The molecule has 0 aliphatic carbocycles. The number of anilines is 3. The lowest BCUT2D eigenvalue weighted by molar-refractivity contribution is 0.0601. The largest absolute Gasteiger partial charge is 0.465 e.